The molecule has 2 aliphatic carbocycles. The van der Waals surface area contributed by atoms with Crippen LogP contribution in [0.5, 0.6) is 0 Å². The summed E-state index contributed by atoms with van der Waals surface area (Å²) in [5.41, 5.74) is 9.61. The number of aromatic nitrogens is 1. The molecule has 2 fully saturated rings. The van der Waals surface area contributed by atoms with E-state index >= 15 is 0 Å². The molecule has 16 heavy (non-hydrogen) atoms. The molecule has 3 N–H and O–H groups in total. The zero-order chi connectivity index (χ0) is 10.8. The molecule has 0 bridgehead atoms. The normalized spacial score (nSPS) is 24.6. The Hall–Kier alpha value is -1.28. The van der Waals surface area contributed by atoms with Gasteiger partial charge in [-0.1, -0.05) is 18.2 Å². The van der Waals surface area contributed by atoms with Crippen molar-refractivity contribution >= 4 is 10.9 Å². The van der Waals surface area contributed by atoms with E-state index in [0.717, 1.165) is 0 Å². The molecule has 0 atom stereocenters. The van der Waals surface area contributed by atoms with Gasteiger partial charge in [0.25, 0.3) is 0 Å². The summed E-state index contributed by atoms with van der Waals surface area (Å²) >= 11 is 0. The number of aromatic amines is 1. The van der Waals surface area contributed by atoms with Crippen LogP contribution in [-0.2, 0) is 5.41 Å². The van der Waals surface area contributed by atoms with Crippen LogP contribution in [-0.4, -0.2) is 10.5 Å². The maximum atomic E-state index is 6.46. The van der Waals surface area contributed by atoms with Crippen molar-refractivity contribution in [1.82, 2.24) is 4.98 Å². The van der Waals surface area contributed by atoms with Crippen LogP contribution in [0.4, 0.5) is 0 Å². The number of fused-ring (bicyclic) bond motifs is 1. The van der Waals surface area contributed by atoms with Crippen LogP contribution in [0.2, 0.25) is 0 Å². The van der Waals surface area contributed by atoms with Gasteiger partial charge in [-0.3, -0.25) is 0 Å². The predicted octanol–water partition coefficient (Wildman–Crippen LogP) is 2.69. The average molecular weight is 212 g/mol. The molecule has 2 saturated carbocycles. The quantitative estimate of drug-likeness (QED) is 0.789. The van der Waals surface area contributed by atoms with Crippen LogP contribution >= 0.6 is 0 Å². The predicted molar refractivity (Wildman–Crippen MR) is 65.4 cm³/mol. The standard InChI is InChI=1S/C14H16N2/c15-14(7-8-14)13(5-6-13)11-3-1-2-10-4-9-16-12(10)11/h1-4,9,16H,5-8,15H2. The minimum absolute atomic E-state index is 0.104. The van der Waals surface area contributed by atoms with Crippen molar-refractivity contribution in [3.05, 3.63) is 36.0 Å². The lowest BCUT2D eigenvalue weighted by molar-refractivity contribution is 0.506. The highest BCUT2D eigenvalue weighted by atomic mass is 14.9. The number of H-pyrrole nitrogens is 1. The van der Waals surface area contributed by atoms with Gasteiger partial charge in [-0.15, -0.1) is 0 Å². The Balaban J connectivity index is 1.96. The Morgan fingerprint density at radius 3 is 2.56 bits per heavy atom. The van der Waals surface area contributed by atoms with Gasteiger partial charge < -0.3 is 10.7 Å². The first-order valence-corrected chi connectivity index (χ1v) is 6.11. The summed E-state index contributed by atoms with van der Waals surface area (Å²) in [5, 5.41) is 1.31. The first kappa shape index (κ1) is 8.82. The first-order chi connectivity index (χ1) is 7.75. The van der Waals surface area contributed by atoms with Gasteiger partial charge in [-0.25, -0.2) is 0 Å². The van der Waals surface area contributed by atoms with Gasteiger partial charge in [0.05, 0.1) is 0 Å². The van der Waals surface area contributed by atoms with Gasteiger partial charge in [0, 0.05) is 22.7 Å². The Bertz CT molecular complexity index is 559. The molecule has 0 aliphatic heterocycles. The summed E-state index contributed by atoms with van der Waals surface area (Å²) in [4.78, 5) is 3.38. The van der Waals surface area contributed by atoms with Crippen molar-refractivity contribution in [2.45, 2.75) is 36.6 Å². The minimum Gasteiger partial charge on any atom is -0.361 e. The Labute approximate surface area is 94.8 Å². The fourth-order valence-corrected chi connectivity index (χ4v) is 3.26. The van der Waals surface area contributed by atoms with Crippen LogP contribution in [0.1, 0.15) is 31.2 Å². The topological polar surface area (TPSA) is 41.8 Å². The first-order valence-electron chi connectivity index (χ1n) is 6.11. The maximum Gasteiger partial charge on any atom is 0.0492 e. The third kappa shape index (κ3) is 0.914. The van der Waals surface area contributed by atoms with E-state index in [0.29, 0.717) is 0 Å². The third-order valence-corrected chi connectivity index (χ3v) is 4.59. The second kappa shape index (κ2) is 2.51. The molecule has 0 unspecified atom stereocenters. The van der Waals surface area contributed by atoms with E-state index in [9.17, 15) is 0 Å². The molecule has 0 spiro atoms. The highest BCUT2D eigenvalue weighted by molar-refractivity contribution is 5.84. The second-order valence-electron chi connectivity index (χ2n) is 5.49. The van der Waals surface area contributed by atoms with Gasteiger partial charge in [-0.05, 0) is 42.7 Å². The zero-order valence-electron chi connectivity index (χ0n) is 9.29. The van der Waals surface area contributed by atoms with Crippen molar-refractivity contribution in [3.63, 3.8) is 0 Å². The lowest BCUT2D eigenvalue weighted by Crippen LogP contribution is -2.37. The molecular formula is C14H16N2. The smallest absolute Gasteiger partial charge is 0.0492 e. The van der Waals surface area contributed by atoms with Crippen LogP contribution in [0, 0.1) is 0 Å². The number of para-hydroxylation sites is 1. The molecule has 0 amide bonds. The number of rotatable bonds is 2. The van der Waals surface area contributed by atoms with E-state index in [4.69, 9.17) is 5.73 Å². The molecule has 0 saturated heterocycles. The van der Waals surface area contributed by atoms with E-state index in [1.807, 2.05) is 6.20 Å². The molecule has 2 aliphatic rings. The highest BCUT2D eigenvalue weighted by Gasteiger charge is 2.64. The third-order valence-electron chi connectivity index (χ3n) is 4.59. The summed E-state index contributed by atoms with van der Waals surface area (Å²) in [6, 6.07) is 8.74. The number of hydrogen-bond acceptors (Lipinski definition) is 1. The molecule has 2 nitrogen and oxygen atoms in total. The van der Waals surface area contributed by atoms with Gasteiger partial charge in [0.1, 0.15) is 0 Å². The zero-order valence-corrected chi connectivity index (χ0v) is 9.29. The molecule has 2 heteroatoms. The number of hydrogen-bond donors (Lipinski definition) is 2. The van der Waals surface area contributed by atoms with Crippen molar-refractivity contribution in [2.75, 3.05) is 0 Å². The summed E-state index contributed by atoms with van der Waals surface area (Å²) in [5.74, 6) is 0. The molecule has 2 aromatic rings. The number of benzene rings is 1. The van der Waals surface area contributed by atoms with Crippen LogP contribution in [0.25, 0.3) is 10.9 Å². The lowest BCUT2D eigenvalue weighted by atomic mass is 9.85. The van der Waals surface area contributed by atoms with Crippen LogP contribution in [0.15, 0.2) is 30.5 Å². The highest BCUT2D eigenvalue weighted by Crippen LogP contribution is 2.64. The van der Waals surface area contributed by atoms with Crippen LogP contribution in [0.3, 0.4) is 0 Å². The summed E-state index contributed by atoms with van der Waals surface area (Å²) < 4.78 is 0. The van der Waals surface area contributed by atoms with E-state index in [1.54, 1.807) is 0 Å². The van der Waals surface area contributed by atoms with Crippen molar-refractivity contribution < 1.29 is 0 Å². The largest absolute Gasteiger partial charge is 0.361 e. The van der Waals surface area contributed by atoms with Crippen LogP contribution < -0.4 is 5.73 Å². The van der Waals surface area contributed by atoms with Crippen molar-refractivity contribution in [2.24, 2.45) is 5.73 Å². The van der Waals surface area contributed by atoms with Gasteiger partial charge in [0.15, 0.2) is 0 Å². The fourth-order valence-electron chi connectivity index (χ4n) is 3.26. The van der Waals surface area contributed by atoms with Gasteiger partial charge in [0.2, 0.25) is 0 Å². The van der Waals surface area contributed by atoms with E-state index in [1.165, 1.54) is 42.1 Å². The minimum atomic E-state index is 0.104. The van der Waals surface area contributed by atoms with E-state index in [2.05, 4.69) is 29.2 Å². The monoisotopic (exact) mass is 212 g/mol. The average Bonchev–Trinajstić information content (AvgIpc) is 3.18. The van der Waals surface area contributed by atoms with Gasteiger partial charge >= 0.3 is 0 Å². The lowest BCUT2D eigenvalue weighted by Gasteiger charge is -2.24. The fraction of sp³-hybridized carbons (Fsp3) is 0.429. The molecule has 1 aromatic carbocycles. The summed E-state index contributed by atoms with van der Waals surface area (Å²) in [6.07, 6.45) is 6.96. The Morgan fingerprint density at radius 2 is 1.88 bits per heavy atom. The Morgan fingerprint density at radius 1 is 1.06 bits per heavy atom. The molecule has 0 radical (unpaired) electrons. The molecule has 82 valence electrons. The summed E-state index contributed by atoms with van der Waals surface area (Å²) in [7, 11) is 0. The second-order valence-corrected chi connectivity index (χ2v) is 5.49. The van der Waals surface area contributed by atoms with Crippen molar-refractivity contribution in [3.8, 4) is 0 Å². The number of nitrogens with two attached hydrogens (primary N) is 1. The van der Waals surface area contributed by atoms with E-state index in [-0.39, 0.29) is 11.0 Å². The summed E-state index contributed by atoms with van der Waals surface area (Å²) in [6.45, 7) is 0. The molecule has 1 heterocycles. The maximum absolute atomic E-state index is 6.46. The molecule has 1 aromatic heterocycles. The number of nitrogens with one attached hydrogen (secondary N) is 1. The Kier molecular flexibility index (Phi) is 1.39. The van der Waals surface area contributed by atoms with E-state index < -0.39 is 0 Å². The molecular weight excluding hydrogens is 196 g/mol. The van der Waals surface area contributed by atoms with Gasteiger partial charge in [-0.2, -0.15) is 0 Å². The molecule has 4 rings (SSSR count). The SMILES string of the molecule is NC1(C2(c3cccc4cc[nH]c34)CC2)CC1. The van der Waals surface area contributed by atoms with Crippen molar-refractivity contribution in [1.29, 1.82) is 0 Å².